The molecule has 84 valence electrons. The van der Waals surface area contributed by atoms with Crippen molar-refractivity contribution in [2.24, 2.45) is 0 Å². The summed E-state index contributed by atoms with van der Waals surface area (Å²) in [5.41, 5.74) is 0.147. The van der Waals surface area contributed by atoms with Crippen LogP contribution in [-0.2, 0) is 9.47 Å². The summed E-state index contributed by atoms with van der Waals surface area (Å²) in [5.74, 6) is 0. The van der Waals surface area contributed by atoms with Gasteiger partial charge in [-0.25, -0.2) is 0 Å². The highest BCUT2D eigenvalue weighted by Gasteiger charge is 2.42. The molecule has 0 atom stereocenters. The molecule has 0 aromatic carbocycles. The minimum absolute atomic E-state index is 0.0737. The molecule has 2 heteroatoms. The summed E-state index contributed by atoms with van der Waals surface area (Å²) >= 11 is 0. The van der Waals surface area contributed by atoms with Crippen LogP contribution in [0.2, 0.25) is 0 Å². The van der Waals surface area contributed by atoms with Crippen molar-refractivity contribution in [2.75, 3.05) is 6.79 Å². The highest BCUT2D eigenvalue weighted by atomic mass is 16.7. The van der Waals surface area contributed by atoms with E-state index in [2.05, 4.69) is 27.7 Å². The van der Waals surface area contributed by atoms with Gasteiger partial charge in [0, 0.05) is 6.42 Å². The van der Waals surface area contributed by atoms with E-state index in [1.54, 1.807) is 0 Å². The van der Waals surface area contributed by atoms with Gasteiger partial charge in [-0.2, -0.15) is 0 Å². The van der Waals surface area contributed by atoms with Crippen molar-refractivity contribution in [3.05, 3.63) is 0 Å². The summed E-state index contributed by atoms with van der Waals surface area (Å²) in [6, 6.07) is 0. The number of hydrogen-bond acceptors (Lipinski definition) is 2. The average molecular weight is 200 g/mol. The first-order valence-electron chi connectivity index (χ1n) is 5.94. The normalized spacial score (nSPS) is 24.9. The van der Waals surface area contributed by atoms with E-state index in [0.717, 1.165) is 32.1 Å². The van der Waals surface area contributed by atoms with Crippen LogP contribution in [0, 0.1) is 0 Å². The van der Waals surface area contributed by atoms with E-state index >= 15 is 0 Å². The summed E-state index contributed by atoms with van der Waals surface area (Å²) < 4.78 is 11.6. The zero-order chi connectivity index (χ0) is 10.7. The zero-order valence-electron chi connectivity index (χ0n) is 10.1. The Morgan fingerprint density at radius 3 is 1.43 bits per heavy atom. The molecular weight excluding hydrogens is 176 g/mol. The lowest BCUT2D eigenvalue weighted by atomic mass is 9.79. The second kappa shape index (κ2) is 4.63. The van der Waals surface area contributed by atoms with E-state index in [-0.39, 0.29) is 11.2 Å². The molecule has 0 radical (unpaired) electrons. The fraction of sp³-hybridized carbons (Fsp3) is 1.00. The van der Waals surface area contributed by atoms with Crippen LogP contribution in [-0.4, -0.2) is 18.0 Å². The van der Waals surface area contributed by atoms with Crippen LogP contribution in [0.15, 0.2) is 0 Å². The molecule has 2 nitrogen and oxygen atoms in total. The topological polar surface area (TPSA) is 18.5 Å². The molecule has 14 heavy (non-hydrogen) atoms. The van der Waals surface area contributed by atoms with Gasteiger partial charge in [0.15, 0.2) is 0 Å². The Kier molecular flexibility index (Phi) is 3.96. The minimum Gasteiger partial charge on any atom is -0.349 e. The van der Waals surface area contributed by atoms with Crippen molar-refractivity contribution in [1.29, 1.82) is 0 Å². The van der Waals surface area contributed by atoms with Crippen molar-refractivity contribution in [3.63, 3.8) is 0 Å². The Bertz CT molecular complexity index is 151. The van der Waals surface area contributed by atoms with Gasteiger partial charge < -0.3 is 9.47 Å². The minimum atomic E-state index is 0.0737. The summed E-state index contributed by atoms with van der Waals surface area (Å²) in [4.78, 5) is 0. The molecule has 0 bridgehead atoms. The third kappa shape index (κ3) is 2.12. The quantitative estimate of drug-likeness (QED) is 0.691. The van der Waals surface area contributed by atoms with Gasteiger partial charge in [-0.15, -0.1) is 0 Å². The largest absolute Gasteiger partial charge is 0.349 e. The molecule has 1 aliphatic rings. The smallest absolute Gasteiger partial charge is 0.148 e. The van der Waals surface area contributed by atoms with E-state index in [4.69, 9.17) is 9.47 Å². The van der Waals surface area contributed by atoms with E-state index in [1.165, 1.54) is 0 Å². The molecule has 0 N–H and O–H groups in total. The van der Waals surface area contributed by atoms with Gasteiger partial charge in [-0.3, -0.25) is 0 Å². The number of rotatable bonds is 4. The van der Waals surface area contributed by atoms with Gasteiger partial charge in [-0.1, -0.05) is 27.7 Å². The van der Waals surface area contributed by atoms with E-state index in [0.29, 0.717) is 6.79 Å². The van der Waals surface area contributed by atoms with Gasteiger partial charge >= 0.3 is 0 Å². The monoisotopic (exact) mass is 200 g/mol. The lowest BCUT2D eigenvalue weighted by molar-refractivity contribution is -0.266. The molecule has 1 aliphatic heterocycles. The van der Waals surface area contributed by atoms with E-state index < -0.39 is 0 Å². The highest BCUT2D eigenvalue weighted by Crippen LogP contribution is 2.40. The molecule has 0 spiro atoms. The molecular formula is C12H24O2. The molecule has 1 heterocycles. The van der Waals surface area contributed by atoms with Crippen LogP contribution >= 0.6 is 0 Å². The predicted molar refractivity (Wildman–Crippen MR) is 58.3 cm³/mol. The fourth-order valence-corrected chi connectivity index (χ4v) is 2.38. The van der Waals surface area contributed by atoms with Gasteiger partial charge in [0.05, 0.1) is 11.2 Å². The molecule has 0 aliphatic carbocycles. The van der Waals surface area contributed by atoms with Crippen molar-refractivity contribution >= 4 is 0 Å². The van der Waals surface area contributed by atoms with Gasteiger partial charge in [0.2, 0.25) is 0 Å². The highest BCUT2D eigenvalue weighted by molar-refractivity contribution is 4.92. The summed E-state index contributed by atoms with van der Waals surface area (Å²) in [7, 11) is 0. The molecule has 0 amide bonds. The van der Waals surface area contributed by atoms with Crippen molar-refractivity contribution in [1.82, 2.24) is 0 Å². The van der Waals surface area contributed by atoms with Crippen LogP contribution in [0.25, 0.3) is 0 Å². The van der Waals surface area contributed by atoms with Crippen LogP contribution in [0.5, 0.6) is 0 Å². The average Bonchev–Trinajstić information content (AvgIpc) is 2.29. The molecule has 0 aromatic heterocycles. The zero-order valence-corrected chi connectivity index (χ0v) is 10.1. The second-order valence-electron chi connectivity index (χ2n) is 4.36. The maximum Gasteiger partial charge on any atom is 0.148 e. The Labute approximate surface area is 88.0 Å². The maximum atomic E-state index is 5.80. The van der Waals surface area contributed by atoms with Crippen LogP contribution < -0.4 is 0 Å². The van der Waals surface area contributed by atoms with Crippen molar-refractivity contribution in [2.45, 2.75) is 71.0 Å². The van der Waals surface area contributed by atoms with E-state index in [1.807, 2.05) is 0 Å². The van der Waals surface area contributed by atoms with Crippen LogP contribution in [0.4, 0.5) is 0 Å². The first-order valence-corrected chi connectivity index (χ1v) is 5.94. The summed E-state index contributed by atoms with van der Waals surface area (Å²) in [5, 5.41) is 0. The predicted octanol–water partition coefficient (Wildman–Crippen LogP) is 3.50. The molecule has 1 saturated heterocycles. The van der Waals surface area contributed by atoms with Gasteiger partial charge in [0.1, 0.15) is 6.79 Å². The van der Waals surface area contributed by atoms with E-state index in [9.17, 15) is 0 Å². The lowest BCUT2D eigenvalue weighted by Crippen LogP contribution is -2.49. The van der Waals surface area contributed by atoms with Gasteiger partial charge in [-0.05, 0) is 25.7 Å². The Hall–Kier alpha value is -0.0800. The third-order valence-electron chi connectivity index (χ3n) is 3.95. The Morgan fingerprint density at radius 2 is 1.14 bits per heavy atom. The van der Waals surface area contributed by atoms with Crippen molar-refractivity contribution < 1.29 is 9.47 Å². The molecule has 1 fully saturated rings. The standard InChI is InChI=1S/C12H24O2/c1-5-11(6-2)9-12(7-3,8-4)14-10-13-11/h5-10H2,1-4H3. The maximum absolute atomic E-state index is 5.80. The Morgan fingerprint density at radius 1 is 0.786 bits per heavy atom. The van der Waals surface area contributed by atoms with Crippen molar-refractivity contribution in [3.8, 4) is 0 Å². The molecule has 0 unspecified atom stereocenters. The second-order valence-corrected chi connectivity index (χ2v) is 4.36. The first-order chi connectivity index (χ1) is 6.66. The first kappa shape index (κ1) is 12.0. The Balaban J connectivity index is 2.75. The molecule has 1 rings (SSSR count). The number of ether oxygens (including phenoxy) is 2. The van der Waals surface area contributed by atoms with Crippen LogP contribution in [0.1, 0.15) is 59.8 Å². The third-order valence-corrected chi connectivity index (χ3v) is 3.95. The summed E-state index contributed by atoms with van der Waals surface area (Å²) in [6.07, 6.45) is 5.42. The fourth-order valence-electron chi connectivity index (χ4n) is 2.38. The number of hydrogen-bond donors (Lipinski definition) is 0. The SMILES string of the molecule is CCC1(CC)CC(CC)(CC)OCO1. The molecule has 0 aromatic rings. The van der Waals surface area contributed by atoms with Gasteiger partial charge in [0.25, 0.3) is 0 Å². The summed E-state index contributed by atoms with van der Waals surface area (Å²) in [6.45, 7) is 9.33. The van der Waals surface area contributed by atoms with Crippen LogP contribution in [0.3, 0.4) is 0 Å². The molecule has 0 saturated carbocycles. The lowest BCUT2D eigenvalue weighted by Gasteiger charge is -2.46.